The molecule has 1 N–H and O–H groups in total. The Morgan fingerprint density at radius 3 is 2.59 bits per heavy atom. The van der Waals surface area contributed by atoms with Crippen molar-refractivity contribution in [2.24, 2.45) is 5.92 Å². The van der Waals surface area contributed by atoms with Crippen molar-refractivity contribution in [1.29, 1.82) is 0 Å². The molecule has 0 fully saturated rings. The van der Waals surface area contributed by atoms with Gasteiger partial charge in [0.1, 0.15) is 11.8 Å². The summed E-state index contributed by atoms with van der Waals surface area (Å²) in [4.78, 5) is 24.1. The average Bonchev–Trinajstić information content (AvgIpc) is 2.46. The Balaban J connectivity index is 2.67. The summed E-state index contributed by atoms with van der Waals surface area (Å²) in [5.74, 6) is 0.406. The Hall–Kier alpha value is -2.04. The van der Waals surface area contributed by atoms with Crippen LogP contribution in [-0.2, 0) is 20.7 Å². The van der Waals surface area contributed by atoms with E-state index in [2.05, 4.69) is 5.32 Å². The molecule has 0 radical (unpaired) electrons. The van der Waals surface area contributed by atoms with E-state index in [1.54, 1.807) is 20.1 Å². The Morgan fingerprint density at radius 2 is 2.00 bits per heavy atom. The lowest BCUT2D eigenvalue weighted by molar-refractivity contribution is -0.147. The Morgan fingerprint density at radius 1 is 1.27 bits per heavy atom. The molecule has 0 saturated carbocycles. The number of amides is 1. The molecule has 122 valence electrons. The van der Waals surface area contributed by atoms with Gasteiger partial charge in [-0.2, -0.15) is 0 Å². The van der Waals surface area contributed by atoms with Gasteiger partial charge in [0.15, 0.2) is 0 Å². The summed E-state index contributed by atoms with van der Waals surface area (Å²) >= 11 is 0. The third-order valence-electron chi connectivity index (χ3n) is 3.11. The van der Waals surface area contributed by atoms with Crippen LogP contribution in [-0.4, -0.2) is 31.6 Å². The predicted molar refractivity (Wildman–Crippen MR) is 84.7 cm³/mol. The molecule has 5 nitrogen and oxygen atoms in total. The second-order valence-electron chi connectivity index (χ2n) is 5.53. The number of esters is 1. The van der Waals surface area contributed by atoms with E-state index in [9.17, 15) is 9.59 Å². The number of carbonyl (C=O) groups is 2. The molecule has 0 heterocycles. The topological polar surface area (TPSA) is 64.6 Å². The highest BCUT2D eigenvalue weighted by Crippen LogP contribution is 2.13. The van der Waals surface area contributed by atoms with Crippen LogP contribution in [0.3, 0.4) is 0 Å². The Bertz CT molecular complexity index is 499. The van der Waals surface area contributed by atoms with E-state index in [0.29, 0.717) is 18.8 Å². The van der Waals surface area contributed by atoms with E-state index in [4.69, 9.17) is 9.47 Å². The van der Waals surface area contributed by atoms with Crippen molar-refractivity contribution in [2.45, 2.75) is 39.7 Å². The summed E-state index contributed by atoms with van der Waals surface area (Å²) < 4.78 is 10.2. The maximum absolute atomic E-state index is 12.2. The van der Waals surface area contributed by atoms with Crippen LogP contribution in [0, 0.1) is 5.92 Å². The van der Waals surface area contributed by atoms with Gasteiger partial charge >= 0.3 is 5.97 Å². The number of benzene rings is 1. The van der Waals surface area contributed by atoms with Crippen molar-refractivity contribution in [3.05, 3.63) is 29.8 Å². The van der Waals surface area contributed by atoms with Gasteiger partial charge in [0.2, 0.25) is 5.91 Å². The molecule has 1 aromatic rings. The summed E-state index contributed by atoms with van der Waals surface area (Å²) in [6.45, 7) is 6.06. The van der Waals surface area contributed by atoms with Crippen LogP contribution in [0.5, 0.6) is 5.75 Å². The van der Waals surface area contributed by atoms with Gasteiger partial charge in [0.25, 0.3) is 0 Å². The standard InChI is InChI=1S/C17H25NO4/c1-5-22-17(20)15(9-12(2)3)18-16(19)11-13-7-6-8-14(10-13)21-4/h6-8,10,12,15H,5,9,11H2,1-4H3,(H,18,19)/t15-/m0/s1. The maximum atomic E-state index is 12.2. The molecule has 0 aliphatic carbocycles. The van der Waals surface area contributed by atoms with Crippen LogP contribution < -0.4 is 10.1 Å². The first kappa shape index (κ1) is 18.0. The zero-order chi connectivity index (χ0) is 16.5. The second-order valence-corrected chi connectivity index (χ2v) is 5.53. The molecule has 22 heavy (non-hydrogen) atoms. The average molecular weight is 307 g/mol. The number of nitrogens with one attached hydrogen (secondary N) is 1. The van der Waals surface area contributed by atoms with E-state index in [1.807, 2.05) is 32.0 Å². The number of hydrogen-bond acceptors (Lipinski definition) is 4. The van der Waals surface area contributed by atoms with Crippen molar-refractivity contribution in [1.82, 2.24) is 5.32 Å². The first-order chi connectivity index (χ1) is 10.5. The predicted octanol–water partition coefficient (Wildman–Crippen LogP) is 2.33. The minimum atomic E-state index is -0.599. The molecular formula is C17H25NO4. The lowest BCUT2D eigenvalue weighted by Gasteiger charge is -2.19. The van der Waals surface area contributed by atoms with Crippen LogP contribution in [0.1, 0.15) is 32.8 Å². The summed E-state index contributed by atoms with van der Waals surface area (Å²) in [5.41, 5.74) is 0.837. The summed E-state index contributed by atoms with van der Waals surface area (Å²) in [5, 5.41) is 2.76. The van der Waals surface area contributed by atoms with Gasteiger partial charge < -0.3 is 14.8 Å². The molecule has 5 heteroatoms. The SMILES string of the molecule is CCOC(=O)[C@H](CC(C)C)NC(=O)Cc1cccc(OC)c1. The third kappa shape index (κ3) is 6.16. The largest absolute Gasteiger partial charge is 0.497 e. The molecule has 1 atom stereocenters. The lowest BCUT2D eigenvalue weighted by atomic mass is 10.0. The minimum absolute atomic E-state index is 0.200. The highest BCUT2D eigenvalue weighted by molar-refractivity contribution is 5.85. The molecule has 0 spiro atoms. The molecule has 1 aromatic carbocycles. The molecule has 0 aliphatic rings. The number of rotatable bonds is 8. The minimum Gasteiger partial charge on any atom is -0.497 e. The van der Waals surface area contributed by atoms with Gasteiger partial charge in [0.05, 0.1) is 20.1 Å². The monoisotopic (exact) mass is 307 g/mol. The van der Waals surface area contributed by atoms with E-state index in [-0.39, 0.29) is 24.2 Å². The molecule has 1 rings (SSSR count). The van der Waals surface area contributed by atoms with Crippen molar-refractivity contribution < 1.29 is 19.1 Å². The molecule has 0 unspecified atom stereocenters. The second kappa shape index (κ2) is 9.07. The smallest absolute Gasteiger partial charge is 0.328 e. The number of carbonyl (C=O) groups excluding carboxylic acids is 2. The fourth-order valence-corrected chi connectivity index (χ4v) is 2.14. The van der Waals surface area contributed by atoms with Crippen LogP contribution >= 0.6 is 0 Å². The Labute approximate surface area is 132 Å². The van der Waals surface area contributed by atoms with Gasteiger partial charge in [-0.3, -0.25) is 4.79 Å². The van der Waals surface area contributed by atoms with Gasteiger partial charge in [-0.05, 0) is 37.0 Å². The zero-order valence-electron chi connectivity index (χ0n) is 13.7. The van der Waals surface area contributed by atoms with Gasteiger partial charge in [-0.15, -0.1) is 0 Å². The first-order valence-electron chi connectivity index (χ1n) is 7.55. The molecule has 0 saturated heterocycles. The van der Waals surface area contributed by atoms with Crippen LogP contribution in [0.15, 0.2) is 24.3 Å². The molecule has 1 amide bonds. The maximum Gasteiger partial charge on any atom is 0.328 e. The summed E-state index contributed by atoms with van der Waals surface area (Å²) in [6, 6.07) is 6.71. The van der Waals surface area contributed by atoms with Gasteiger partial charge in [-0.1, -0.05) is 26.0 Å². The molecule has 0 aromatic heterocycles. The molecule has 0 bridgehead atoms. The number of hydrogen-bond donors (Lipinski definition) is 1. The highest BCUT2D eigenvalue weighted by atomic mass is 16.5. The first-order valence-corrected chi connectivity index (χ1v) is 7.55. The lowest BCUT2D eigenvalue weighted by Crippen LogP contribution is -2.43. The summed E-state index contributed by atoms with van der Waals surface area (Å²) in [7, 11) is 1.58. The highest BCUT2D eigenvalue weighted by Gasteiger charge is 2.23. The van der Waals surface area contributed by atoms with Crippen molar-refractivity contribution in [3.8, 4) is 5.75 Å². The molecular weight excluding hydrogens is 282 g/mol. The van der Waals surface area contributed by atoms with E-state index < -0.39 is 6.04 Å². The van der Waals surface area contributed by atoms with Crippen LogP contribution in [0.25, 0.3) is 0 Å². The van der Waals surface area contributed by atoms with Gasteiger partial charge in [0, 0.05) is 0 Å². The normalized spacial score (nSPS) is 11.9. The third-order valence-corrected chi connectivity index (χ3v) is 3.11. The van der Waals surface area contributed by atoms with Gasteiger partial charge in [-0.25, -0.2) is 4.79 Å². The fraction of sp³-hybridized carbons (Fsp3) is 0.529. The van der Waals surface area contributed by atoms with Crippen molar-refractivity contribution in [2.75, 3.05) is 13.7 Å². The van der Waals surface area contributed by atoms with Crippen molar-refractivity contribution >= 4 is 11.9 Å². The van der Waals surface area contributed by atoms with Crippen LogP contribution in [0.2, 0.25) is 0 Å². The zero-order valence-corrected chi connectivity index (χ0v) is 13.7. The fourth-order valence-electron chi connectivity index (χ4n) is 2.14. The number of methoxy groups -OCH3 is 1. The van der Waals surface area contributed by atoms with Crippen LogP contribution in [0.4, 0.5) is 0 Å². The Kier molecular flexibility index (Phi) is 7.43. The van der Waals surface area contributed by atoms with E-state index >= 15 is 0 Å². The quantitative estimate of drug-likeness (QED) is 0.749. The molecule has 0 aliphatic heterocycles. The van der Waals surface area contributed by atoms with E-state index in [1.165, 1.54) is 0 Å². The van der Waals surface area contributed by atoms with Crippen molar-refractivity contribution in [3.63, 3.8) is 0 Å². The number of ether oxygens (including phenoxy) is 2. The van der Waals surface area contributed by atoms with E-state index in [0.717, 1.165) is 5.56 Å². The summed E-state index contributed by atoms with van der Waals surface area (Å²) in [6.07, 6.45) is 0.758.